The monoisotopic (exact) mass is 234 g/mol. The third-order valence-corrected chi connectivity index (χ3v) is 2.04. The van der Waals surface area contributed by atoms with Crippen molar-refractivity contribution in [2.24, 2.45) is 5.73 Å². The van der Waals surface area contributed by atoms with Crippen LogP contribution in [0, 0.1) is 17.0 Å². The molecule has 1 aromatic carbocycles. The summed E-state index contributed by atoms with van der Waals surface area (Å²) in [5.41, 5.74) is 3.16. The maximum Gasteiger partial charge on any atom is 0.423 e. The Hall–Kier alpha value is -1.63. The average molecular weight is 234 g/mol. The summed E-state index contributed by atoms with van der Waals surface area (Å²) in [7, 11) is 0. The van der Waals surface area contributed by atoms with E-state index in [1.165, 1.54) is 13.0 Å². The second kappa shape index (κ2) is 4.09. The van der Waals surface area contributed by atoms with Crippen molar-refractivity contribution in [2.45, 2.75) is 19.6 Å². The highest BCUT2D eigenvalue weighted by atomic mass is 19.4. The standard InChI is InChI=1S/C9H9F3N2O2/c1-5-2-6(4-13)8(14(15)16)7(3-5)9(10,11)12/h2-3H,4,13H2,1H3. The van der Waals surface area contributed by atoms with E-state index in [-0.39, 0.29) is 12.1 Å². The third-order valence-electron chi connectivity index (χ3n) is 2.04. The fourth-order valence-corrected chi connectivity index (χ4v) is 1.44. The van der Waals surface area contributed by atoms with Crippen LogP contribution in [0.3, 0.4) is 0 Å². The van der Waals surface area contributed by atoms with Gasteiger partial charge in [0.05, 0.1) is 4.92 Å². The molecule has 0 aliphatic rings. The molecule has 0 aliphatic heterocycles. The molecular formula is C9H9F3N2O2. The molecule has 0 fully saturated rings. The predicted octanol–water partition coefficient (Wildman–Crippen LogP) is 2.38. The number of nitrogens with two attached hydrogens (primary N) is 1. The highest BCUT2D eigenvalue weighted by Crippen LogP contribution is 2.38. The van der Waals surface area contributed by atoms with Gasteiger partial charge in [-0.05, 0) is 24.6 Å². The average Bonchev–Trinajstić information content (AvgIpc) is 2.14. The highest BCUT2D eigenvalue weighted by Gasteiger charge is 2.39. The Morgan fingerprint density at radius 1 is 1.44 bits per heavy atom. The van der Waals surface area contributed by atoms with Crippen molar-refractivity contribution in [1.29, 1.82) is 0 Å². The topological polar surface area (TPSA) is 69.2 Å². The number of nitrogens with zero attached hydrogens (tertiary/aromatic N) is 1. The van der Waals surface area contributed by atoms with Gasteiger partial charge >= 0.3 is 6.18 Å². The molecule has 0 saturated carbocycles. The first-order valence-corrected chi connectivity index (χ1v) is 4.32. The molecule has 1 aromatic rings. The fraction of sp³-hybridized carbons (Fsp3) is 0.333. The minimum Gasteiger partial charge on any atom is -0.326 e. The van der Waals surface area contributed by atoms with Crippen LogP contribution < -0.4 is 5.73 Å². The van der Waals surface area contributed by atoms with Crippen molar-refractivity contribution < 1.29 is 18.1 Å². The number of nitro groups is 1. The Morgan fingerprint density at radius 3 is 2.38 bits per heavy atom. The van der Waals surface area contributed by atoms with Crippen molar-refractivity contribution >= 4 is 5.69 Å². The molecule has 0 aliphatic carbocycles. The summed E-state index contributed by atoms with van der Waals surface area (Å²) < 4.78 is 37.7. The maximum absolute atomic E-state index is 12.6. The minimum atomic E-state index is -4.75. The van der Waals surface area contributed by atoms with E-state index in [0.717, 1.165) is 6.07 Å². The number of benzene rings is 1. The summed E-state index contributed by atoms with van der Waals surface area (Å²) in [6.45, 7) is 1.12. The molecule has 1 rings (SSSR count). The van der Waals surface area contributed by atoms with Gasteiger partial charge in [-0.15, -0.1) is 0 Å². The maximum atomic E-state index is 12.6. The van der Waals surface area contributed by atoms with Crippen LogP contribution in [-0.2, 0) is 12.7 Å². The van der Waals surface area contributed by atoms with E-state index in [9.17, 15) is 23.3 Å². The Labute approximate surface area is 89.0 Å². The van der Waals surface area contributed by atoms with Crippen LogP contribution in [-0.4, -0.2) is 4.92 Å². The van der Waals surface area contributed by atoms with Crippen molar-refractivity contribution in [3.63, 3.8) is 0 Å². The molecule has 88 valence electrons. The van der Waals surface area contributed by atoms with E-state index in [1.807, 2.05) is 0 Å². The second-order valence-corrected chi connectivity index (χ2v) is 3.28. The number of aryl methyl sites for hydroxylation is 1. The first-order valence-electron chi connectivity index (χ1n) is 4.32. The molecule has 0 saturated heterocycles. The van der Waals surface area contributed by atoms with Gasteiger partial charge in [0.15, 0.2) is 0 Å². The van der Waals surface area contributed by atoms with Crippen LogP contribution in [0.4, 0.5) is 18.9 Å². The van der Waals surface area contributed by atoms with Crippen molar-refractivity contribution in [3.8, 4) is 0 Å². The molecule has 0 amide bonds. The fourth-order valence-electron chi connectivity index (χ4n) is 1.44. The molecule has 16 heavy (non-hydrogen) atoms. The van der Waals surface area contributed by atoms with Crippen LogP contribution in [0.25, 0.3) is 0 Å². The molecule has 0 aromatic heterocycles. The van der Waals surface area contributed by atoms with Gasteiger partial charge in [-0.25, -0.2) is 0 Å². The molecule has 7 heteroatoms. The van der Waals surface area contributed by atoms with Gasteiger partial charge < -0.3 is 5.73 Å². The quantitative estimate of drug-likeness (QED) is 0.630. The van der Waals surface area contributed by atoms with Crippen LogP contribution in [0.15, 0.2) is 12.1 Å². The predicted molar refractivity (Wildman–Crippen MR) is 50.7 cm³/mol. The molecular weight excluding hydrogens is 225 g/mol. The summed E-state index contributed by atoms with van der Waals surface area (Å²) >= 11 is 0. The SMILES string of the molecule is Cc1cc(CN)c([N+](=O)[O-])c(C(F)(F)F)c1. The van der Waals surface area contributed by atoms with Gasteiger partial charge in [-0.2, -0.15) is 13.2 Å². The first-order chi connectivity index (χ1) is 7.27. The molecule has 0 radical (unpaired) electrons. The Bertz CT molecular complexity index is 429. The van der Waals surface area contributed by atoms with Gasteiger partial charge in [0.25, 0.3) is 5.69 Å². The van der Waals surface area contributed by atoms with Crippen LogP contribution >= 0.6 is 0 Å². The summed E-state index contributed by atoms with van der Waals surface area (Å²) in [5, 5.41) is 10.6. The van der Waals surface area contributed by atoms with E-state index in [1.54, 1.807) is 0 Å². The summed E-state index contributed by atoms with van der Waals surface area (Å²) in [4.78, 5) is 9.56. The number of alkyl halides is 3. The number of nitro benzene ring substituents is 1. The summed E-state index contributed by atoms with van der Waals surface area (Å²) in [5.74, 6) is 0. The Morgan fingerprint density at radius 2 is 2.00 bits per heavy atom. The van der Waals surface area contributed by atoms with E-state index in [4.69, 9.17) is 5.73 Å². The zero-order valence-corrected chi connectivity index (χ0v) is 8.34. The molecule has 4 nitrogen and oxygen atoms in total. The van der Waals surface area contributed by atoms with Crippen molar-refractivity contribution in [3.05, 3.63) is 38.9 Å². The largest absolute Gasteiger partial charge is 0.423 e. The summed E-state index contributed by atoms with van der Waals surface area (Å²) in [6, 6.07) is 2.03. The lowest BCUT2D eigenvalue weighted by Crippen LogP contribution is -2.13. The molecule has 2 N–H and O–H groups in total. The van der Waals surface area contributed by atoms with Gasteiger partial charge in [0.1, 0.15) is 5.56 Å². The van der Waals surface area contributed by atoms with Crippen LogP contribution in [0.5, 0.6) is 0 Å². The number of rotatable bonds is 2. The Kier molecular flexibility index (Phi) is 3.18. The van der Waals surface area contributed by atoms with Crippen LogP contribution in [0.1, 0.15) is 16.7 Å². The lowest BCUT2D eigenvalue weighted by molar-refractivity contribution is -0.388. The lowest BCUT2D eigenvalue weighted by atomic mass is 10.0. The molecule has 0 bridgehead atoms. The zero-order valence-electron chi connectivity index (χ0n) is 8.34. The van der Waals surface area contributed by atoms with Crippen molar-refractivity contribution in [1.82, 2.24) is 0 Å². The van der Waals surface area contributed by atoms with E-state index < -0.39 is 22.4 Å². The molecule has 0 atom stereocenters. The van der Waals surface area contributed by atoms with Crippen molar-refractivity contribution in [2.75, 3.05) is 0 Å². The molecule has 0 spiro atoms. The van der Waals surface area contributed by atoms with Gasteiger partial charge in [-0.1, -0.05) is 0 Å². The summed E-state index contributed by atoms with van der Waals surface area (Å²) in [6.07, 6.45) is -4.75. The minimum absolute atomic E-state index is 0.114. The molecule has 0 unspecified atom stereocenters. The van der Waals surface area contributed by atoms with Gasteiger partial charge in [-0.3, -0.25) is 10.1 Å². The van der Waals surface area contributed by atoms with Crippen LogP contribution in [0.2, 0.25) is 0 Å². The number of halogens is 3. The Balaban J connectivity index is 3.57. The first kappa shape index (κ1) is 12.4. The smallest absolute Gasteiger partial charge is 0.326 e. The lowest BCUT2D eigenvalue weighted by Gasteiger charge is -2.11. The molecule has 0 heterocycles. The van der Waals surface area contributed by atoms with Gasteiger partial charge in [0.2, 0.25) is 0 Å². The highest BCUT2D eigenvalue weighted by molar-refractivity contribution is 5.51. The second-order valence-electron chi connectivity index (χ2n) is 3.28. The van der Waals surface area contributed by atoms with E-state index in [2.05, 4.69) is 0 Å². The van der Waals surface area contributed by atoms with Gasteiger partial charge in [0, 0.05) is 12.1 Å². The zero-order chi connectivity index (χ0) is 12.5. The number of hydrogen-bond acceptors (Lipinski definition) is 3. The van der Waals surface area contributed by atoms with E-state index in [0.29, 0.717) is 5.56 Å². The normalized spacial score (nSPS) is 11.6. The number of hydrogen-bond donors (Lipinski definition) is 1. The van der Waals surface area contributed by atoms with E-state index >= 15 is 0 Å². The third kappa shape index (κ3) is 2.30.